The Morgan fingerprint density at radius 2 is 2.20 bits per heavy atom. The predicted octanol–water partition coefficient (Wildman–Crippen LogP) is 1.97. The molecule has 10 heavy (non-hydrogen) atoms. The van der Waals surface area contributed by atoms with E-state index in [1.807, 2.05) is 20.8 Å². The van der Waals surface area contributed by atoms with Gasteiger partial charge in [-0.15, -0.1) is 11.3 Å². The van der Waals surface area contributed by atoms with E-state index < -0.39 is 0 Å². The molecule has 0 unspecified atom stereocenters. The molecule has 0 radical (unpaired) electrons. The SMILES string of the molecule is CC.Cc1cnc(CO)s1. The lowest BCUT2D eigenvalue weighted by atomic mass is 10.6. The third-order valence-corrected chi connectivity index (χ3v) is 1.70. The molecule has 0 bridgehead atoms. The zero-order valence-electron chi connectivity index (χ0n) is 6.59. The van der Waals surface area contributed by atoms with Crippen molar-refractivity contribution < 1.29 is 5.11 Å². The molecule has 1 heterocycles. The van der Waals surface area contributed by atoms with Crippen molar-refractivity contribution in [3.8, 4) is 0 Å². The summed E-state index contributed by atoms with van der Waals surface area (Å²) in [6.07, 6.45) is 1.76. The van der Waals surface area contributed by atoms with E-state index in [9.17, 15) is 0 Å². The maximum absolute atomic E-state index is 8.50. The van der Waals surface area contributed by atoms with Gasteiger partial charge in [-0.2, -0.15) is 0 Å². The van der Waals surface area contributed by atoms with Crippen molar-refractivity contribution in [1.29, 1.82) is 0 Å². The first kappa shape index (κ1) is 9.59. The number of aliphatic hydroxyl groups excluding tert-OH is 1. The van der Waals surface area contributed by atoms with Gasteiger partial charge in [0, 0.05) is 11.1 Å². The summed E-state index contributed by atoms with van der Waals surface area (Å²) in [5.41, 5.74) is 0. The predicted molar refractivity (Wildman–Crippen MR) is 44.1 cm³/mol. The van der Waals surface area contributed by atoms with E-state index in [2.05, 4.69) is 4.98 Å². The quantitative estimate of drug-likeness (QED) is 0.679. The Morgan fingerprint density at radius 3 is 2.40 bits per heavy atom. The van der Waals surface area contributed by atoms with Crippen LogP contribution in [0.2, 0.25) is 0 Å². The normalized spacial score (nSPS) is 8.40. The van der Waals surface area contributed by atoms with Gasteiger partial charge in [0.05, 0.1) is 6.61 Å². The van der Waals surface area contributed by atoms with Gasteiger partial charge in [0.15, 0.2) is 0 Å². The molecule has 1 N–H and O–H groups in total. The number of hydrogen-bond acceptors (Lipinski definition) is 3. The third kappa shape index (κ3) is 2.94. The maximum Gasteiger partial charge on any atom is 0.118 e. The summed E-state index contributed by atoms with van der Waals surface area (Å²) in [5.74, 6) is 0. The summed E-state index contributed by atoms with van der Waals surface area (Å²) in [6, 6.07) is 0. The van der Waals surface area contributed by atoms with Gasteiger partial charge in [0.2, 0.25) is 0 Å². The fourth-order valence-corrected chi connectivity index (χ4v) is 1.12. The molecule has 0 saturated carbocycles. The van der Waals surface area contributed by atoms with Gasteiger partial charge in [-0.05, 0) is 6.92 Å². The lowest BCUT2D eigenvalue weighted by Gasteiger charge is -1.78. The van der Waals surface area contributed by atoms with Crippen LogP contribution >= 0.6 is 11.3 Å². The number of nitrogens with zero attached hydrogens (tertiary/aromatic N) is 1. The van der Waals surface area contributed by atoms with Crippen molar-refractivity contribution >= 4 is 11.3 Å². The molecule has 0 spiro atoms. The Morgan fingerprint density at radius 1 is 1.60 bits per heavy atom. The molecule has 1 aromatic rings. The summed E-state index contributed by atoms with van der Waals surface area (Å²) >= 11 is 1.53. The smallest absolute Gasteiger partial charge is 0.118 e. The molecule has 0 fully saturated rings. The molecule has 1 rings (SSSR count). The zero-order valence-corrected chi connectivity index (χ0v) is 7.40. The zero-order chi connectivity index (χ0) is 7.98. The van der Waals surface area contributed by atoms with Gasteiger partial charge in [-0.3, -0.25) is 0 Å². The van der Waals surface area contributed by atoms with E-state index in [-0.39, 0.29) is 6.61 Å². The Hall–Kier alpha value is -0.410. The van der Waals surface area contributed by atoms with Crippen LogP contribution in [0.15, 0.2) is 6.20 Å². The second-order valence-electron chi connectivity index (χ2n) is 1.52. The number of thiazole rings is 1. The van der Waals surface area contributed by atoms with E-state index in [0.717, 1.165) is 9.88 Å². The van der Waals surface area contributed by atoms with Crippen molar-refractivity contribution in [2.75, 3.05) is 0 Å². The molecule has 0 amide bonds. The van der Waals surface area contributed by atoms with Crippen LogP contribution < -0.4 is 0 Å². The van der Waals surface area contributed by atoms with Crippen LogP contribution in [-0.2, 0) is 6.61 Å². The fourth-order valence-electron chi connectivity index (χ4n) is 0.475. The standard InChI is InChI=1S/C5H7NOS.C2H6/c1-4-2-6-5(3-7)8-4;1-2/h2,7H,3H2,1H3;1-2H3. The monoisotopic (exact) mass is 159 g/mol. The van der Waals surface area contributed by atoms with Gasteiger partial charge >= 0.3 is 0 Å². The molecule has 0 atom stereocenters. The van der Waals surface area contributed by atoms with E-state index in [4.69, 9.17) is 5.11 Å². The number of hydrogen-bond donors (Lipinski definition) is 1. The molecule has 0 aliphatic rings. The van der Waals surface area contributed by atoms with Gasteiger partial charge in [0.25, 0.3) is 0 Å². The molecule has 0 saturated heterocycles. The van der Waals surface area contributed by atoms with E-state index in [0.29, 0.717) is 0 Å². The highest BCUT2D eigenvalue weighted by atomic mass is 32.1. The molecule has 3 heteroatoms. The van der Waals surface area contributed by atoms with Crippen molar-refractivity contribution in [2.45, 2.75) is 27.4 Å². The van der Waals surface area contributed by atoms with E-state index >= 15 is 0 Å². The minimum atomic E-state index is 0.0680. The average Bonchev–Trinajstić information content (AvgIpc) is 2.40. The molecule has 58 valence electrons. The molecule has 0 aliphatic heterocycles. The van der Waals surface area contributed by atoms with Gasteiger partial charge < -0.3 is 5.11 Å². The van der Waals surface area contributed by atoms with Crippen molar-refractivity contribution in [3.05, 3.63) is 16.1 Å². The number of rotatable bonds is 1. The van der Waals surface area contributed by atoms with Crippen LogP contribution in [0.3, 0.4) is 0 Å². The largest absolute Gasteiger partial charge is 0.389 e. The molecule has 2 nitrogen and oxygen atoms in total. The first-order chi connectivity index (χ1) is 4.83. The highest BCUT2D eigenvalue weighted by Crippen LogP contribution is 2.09. The lowest BCUT2D eigenvalue weighted by molar-refractivity contribution is 0.281. The first-order valence-corrected chi connectivity index (χ1v) is 4.17. The molecular weight excluding hydrogens is 146 g/mol. The second kappa shape index (κ2) is 5.38. The number of aromatic nitrogens is 1. The van der Waals surface area contributed by atoms with Gasteiger partial charge in [-0.1, -0.05) is 13.8 Å². The van der Waals surface area contributed by atoms with E-state index in [1.54, 1.807) is 6.20 Å². The van der Waals surface area contributed by atoms with Crippen molar-refractivity contribution in [2.24, 2.45) is 0 Å². The first-order valence-electron chi connectivity index (χ1n) is 3.35. The average molecular weight is 159 g/mol. The Labute approximate surface area is 65.6 Å². The number of aryl methyl sites for hydroxylation is 1. The van der Waals surface area contributed by atoms with Crippen LogP contribution in [0, 0.1) is 6.92 Å². The molecular formula is C7H13NOS. The van der Waals surface area contributed by atoms with Crippen molar-refractivity contribution in [1.82, 2.24) is 4.98 Å². The molecule has 1 aromatic heterocycles. The summed E-state index contributed by atoms with van der Waals surface area (Å²) in [7, 11) is 0. The van der Waals surface area contributed by atoms with E-state index in [1.165, 1.54) is 11.3 Å². The summed E-state index contributed by atoms with van der Waals surface area (Å²) in [4.78, 5) is 5.05. The minimum Gasteiger partial charge on any atom is -0.389 e. The Balaban J connectivity index is 0.000000371. The lowest BCUT2D eigenvalue weighted by Crippen LogP contribution is -1.75. The summed E-state index contributed by atoms with van der Waals surface area (Å²) < 4.78 is 0. The second-order valence-corrected chi connectivity index (χ2v) is 2.84. The third-order valence-electron chi connectivity index (χ3n) is 0.804. The fraction of sp³-hybridized carbons (Fsp3) is 0.571. The topological polar surface area (TPSA) is 33.1 Å². The molecule has 0 aliphatic carbocycles. The van der Waals surface area contributed by atoms with Crippen LogP contribution in [0.1, 0.15) is 23.7 Å². The van der Waals surface area contributed by atoms with Crippen LogP contribution in [0.25, 0.3) is 0 Å². The van der Waals surface area contributed by atoms with Crippen LogP contribution in [0.4, 0.5) is 0 Å². The van der Waals surface area contributed by atoms with Crippen LogP contribution in [0.5, 0.6) is 0 Å². The van der Waals surface area contributed by atoms with Gasteiger partial charge in [-0.25, -0.2) is 4.98 Å². The Kier molecular flexibility index (Phi) is 5.16. The Bertz CT molecular complexity index is 174. The highest BCUT2D eigenvalue weighted by molar-refractivity contribution is 7.11. The summed E-state index contributed by atoms with van der Waals surface area (Å²) in [6.45, 7) is 6.04. The minimum absolute atomic E-state index is 0.0680. The number of aliphatic hydroxyl groups is 1. The van der Waals surface area contributed by atoms with Crippen LogP contribution in [-0.4, -0.2) is 10.1 Å². The summed E-state index contributed by atoms with van der Waals surface area (Å²) in [5, 5.41) is 9.29. The van der Waals surface area contributed by atoms with Crippen molar-refractivity contribution in [3.63, 3.8) is 0 Å². The highest BCUT2D eigenvalue weighted by Gasteiger charge is 1.92. The maximum atomic E-state index is 8.50. The van der Waals surface area contributed by atoms with Gasteiger partial charge in [0.1, 0.15) is 5.01 Å². The molecule has 0 aromatic carbocycles.